The highest BCUT2D eigenvalue weighted by atomic mass is 16.6. The van der Waals surface area contributed by atoms with E-state index in [0.29, 0.717) is 11.1 Å². The number of carbonyl (C=O) groups is 1. The summed E-state index contributed by atoms with van der Waals surface area (Å²) in [6.45, 7) is 1.57. The Bertz CT molecular complexity index is 848. The summed E-state index contributed by atoms with van der Waals surface area (Å²) in [5, 5.41) is 40.0. The van der Waals surface area contributed by atoms with E-state index in [-0.39, 0.29) is 48.4 Å². The van der Waals surface area contributed by atoms with Crippen molar-refractivity contribution in [1.29, 1.82) is 0 Å². The molecule has 2 aromatic rings. The fourth-order valence-corrected chi connectivity index (χ4v) is 2.92. The van der Waals surface area contributed by atoms with Gasteiger partial charge in [-0.15, -0.1) is 0 Å². The monoisotopic (exact) mass is 376 g/mol. The molecule has 8 heteroatoms. The number of phenols is 3. The molecule has 1 heterocycles. The molecule has 0 saturated heterocycles. The lowest BCUT2D eigenvalue weighted by molar-refractivity contribution is -0.145. The molecule has 3 rings (SSSR count). The first-order valence-corrected chi connectivity index (χ1v) is 8.40. The molecule has 0 aromatic heterocycles. The zero-order valence-electron chi connectivity index (χ0n) is 14.6. The highest BCUT2D eigenvalue weighted by Crippen LogP contribution is 2.42. The van der Waals surface area contributed by atoms with E-state index in [4.69, 9.17) is 14.2 Å². The van der Waals surface area contributed by atoms with E-state index >= 15 is 0 Å². The van der Waals surface area contributed by atoms with Crippen LogP contribution in [0.4, 0.5) is 0 Å². The second-order valence-electron chi connectivity index (χ2n) is 6.07. The van der Waals surface area contributed by atoms with Gasteiger partial charge in [-0.3, -0.25) is 0 Å². The quantitative estimate of drug-likeness (QED) is 0.582. The highest BCUT2D eigenvalue weighted by molar-refractivity contribution is 5.71. The molecular weight excluding hydrogens is 356 g/mol. The largest absolute Gasteiger partial charge is 0.508 e. The number of aromatic hydroxyl groups is 3. The molecule has 0 spiro atoms. The molecule has 1 aliphatic rings. The second-order valence-corrected chi connectivity index (χ2v) is 6.07. The van der Waals surface area contributed by atoms with Gasteiger partial charge in [0.05, 0.1) is 12.7 Å². The number of hydrogen-bond acceptors (Lipinski definition) is 8. The number of esters is 1. The van der Waals surface area contributed by atoms with Crippen LogP contribution in [0.2, 0.25) is 0 Å². The summed E-state index contributed by atoms with van der Waals surface area (Å²) in [5.41, 5.74) is 0.868. The molecule has 2 aromatic carbocycles. The van der Waals surface area contributed by atoms with Gasteiger partial charge in [-0.25, -0.2) is 4.79 Å². The Kier molecular flexibility index (Phi) is 5.27. The number of hydrogen-bond donors (Lipinski definition) is 4. The zero-order valence-corrected chi connectivity index (χ0v) is 14.6. The number of ether oxygens (including phenoxy) is 3. The van der Waals surface area contributed by atoms with Crippen molar-refractivity contribution >= 4 is 5.97 Å². The summed E-state index contributed by atoms with van der Waals surface area (Å²) in [7, 11) is 0. The van der Waals surface area contributed by atoms with Crippen LogP contribution in [-0.4, -0.2) is 45.7 Å². The Hall–Kier alpha value is -3.13. The average molecular weight is 376 g/mol. The normalized spacial score (nSPS) is 18.3. The third kappa shape index (κ3) is 4.01. The first-order valence-electron chi connectivity index (χ1n) is 8.40. The van der Waals surface area contributed by atoms with Gasteiger partial charge in [0, 0.05) is 24.1 Å². The molecule has 0 unspecified atom stereocenters. The van der Waals surface area contributed by atoms with Crippen molar-refractivity contribution in [2.24, 2.45) is 0 Å². The predicted molar refractivity (Wildman–Crippen MR) is 93.1 cm³/mol. The van der Waals surface area contributed by atoms with Gasteiger partial charge in [0.15, 0.2) is 18.1 Å². The molecule has 0 fully saturated rings. The van der Waals surface area contributed by atoms with Crippen LogP contribution in [0.3, 0.4) is 0 Å². The van der Waals surface area contributed by atoms with Crippen LogP contribution in [0.1, 0.15) is 24.2 Å². The van der Waals surface area contributed by atoms with E-state index in [2.05, 4.69) is 0 Å². The average Bonchev–Trinajstić information content (AvgIpc) is 2.61. The highest BCUT2D eigenvalue weighted by Gasteiger charge is 2.32. The van der Waals surface area contributed by atoms with Gasteiger partial charge in [0.1, 0.15) is 23.4 Å². The van der Waals surface area contributed by atoms with E-state index < -0.39 is 18.2 Å². The molecule has 144 valence electrons. The van der Waals surface area contributed by atoms with Gasteiger partial charge in [0.25, 0.3) is 0 Å². The van der Waals surface area contributed by atoms with Crippen LogP contribution in [-0.2, 0) is 16.0 Å². The maximum atomic E-state index is 11.3. The maximum Gasteiger partial charge on any atom is 0.344 e. The molecule has 0 bridgehead atoms. The van der Waals surface area contributed by atoms with Gasteiger partial charge in [-0.05, 0) is 24.6 Å². The van der Waals surface area contributed by atoms with Crippen molar-refractivity contribution in [3.8, 4) is 28.7 Å². The first-order chi connectivity index (χ1) is 12.9. The minimum Gasteiger partial charge on any atom is -0.508 e. The van der Waals surface area contributed by atoms with Crippen molar-refractivity contribution in [2.45, 2.75) is 25.6 Å². The van der Waals surface area contributed by atoms with Crippen LogP contribution in [0.15, 0.2) is 30.3 Å². The smallest absolute Gasteiger partial charge is 0.344 e. The van der Waals surface area contributed by atoms with Gasteiger partial charge in [-0.2, -0.15) is 0 Å². The van der Waals surface area contributed by atoms with Crippen molar-refractivity contribution < 1.29 is 39.4 Å². The Morgan fingerprint density at radius 2 is 1.96 bits per heavy atom. The standard InChI is InChI=1S/C19H20O8/c1-2-25-18(24)9-26-16-4-3-10(5-14(16)22)19-15(23)8-12-13(21)6-11(20)7-17(12)27-19/h3-7,15,19-23H,2,8-9H2,1H3/t15-,19-/m1/s1. The summed E-state index contributed by atoms with van der Waals surface area (Å²) in [5.74, 6) is -0.752. The summed E-state index contributed by atoms with van der Waals surface area (Å²) < 4.78 is 15.7. The predicted octanol–water partition coefficient (Wildman–Crippen LogP) is 1.78. The molecule has 0 aliphatic carbocycles. The van der Waals surface area contributed by atoms with Crippen LogP contribution in [0, 0.1) is 0 Å². The Morgan fingerprint density at radius 3 is 2.67 bits per heavy atom. The molecule has 0 radical (unpaired) electrons. The lowest BCUT2D eigenvalue weighted by Crippen LogP contribution is -2.30. The summed E-state index contributed by atoms with van der Waals surface area (Å²) in [4.78, 5) is 11.3. The lowest BCUT2D eigenvalue weighted by atomic mass is 9.94. The minimum atomic E-state index is -0.973. The van der Waals surface area contributed by atoms with Crippen molar-refractivity contribution in [3.05, 3.63) is 41.5 Å². The van der Waals surface area contributed by atoms with Gasteiger partial charge < -0.3 is 34.6 Å². The number of aliphatic hydroxyl groups is 1. The summed E-state index contributed by atoms with van der Waals surface area (Å²) in [6, 6.07) is 6.93. The van der Waals surface area contributed by atoms with Crippen molar-refractivity contribution in [1.82, 2.24) is 0 Å². The molecule has 0 amide bonds. The van der Waals surface area contributed by atoms with Gasteiger partial charge >= 0.3 is 5.97 Å². The number of aliphatic hydroxyl groups excluding tert-OH is 1. The van der Waals surface area contributed by atoms with Crippen LogP contribution >= 0.6 is 0 Å². The number of carbonyl (C=O) groups excluding carboxylic acids is 1. The third-order valence-electron chi connectivity index (χ3n) is 4.15. The Balaban J connectivity index is 1.78. The fourth-order valence-electron chi connectivity index (χ4n) is 2.92. The van der Waals surface area contributed by atoms with Crippen LogP contribution in [0.25, 0.3) is 0 Å². The molecule has 0 saturated carbocycles. The number of rotatable bonds is 5. The van der Waals surface area contributed by atoms with Gasteiger partial charge in [0.2, 0.25) is 0 Å². The van der Waals surface area contributed by atoms with E-state index in [9.17, 15) is 25.2 Å². The Morgan fingerprint density at radius 1 is 1.19 bits per heavy atom. The van der Waals surface area contributed by atoms with E-state index in [1.54, 1.807) is 13.0 Å². The van der Waals surface area contributed by atoms with Crippen LogP contribution < -0.4 is 9.47 Å². The van der Waals surface area contributed by atoms with E-state index in [1.807, 2.05) is 0 Å². The molecule has 27 heavy (non-hydrogen) atoms. The van der Waals surface area contributed by atoms with E-state index in [1.165, 1.54) is 24.3 Å². The fraction of sp³-hybridized carbons (Fsp3) is 0.316. The van der Waals surface area contributed by atoms with Crippen molar-refractivity contribution in [2.75, 3.05) is 13.2 Å². The molecular formula is C19H20O8. The first kappa shape index (κ1) is 18.7. The molecule has 4 N–H and O–H groups in total. The topological polar surface area (TPSA) is 126 Å². The molecule has 1 aliphatic heterocycles. The second kappa shape index (κ2) is 7.63. The number of fused-ring (bicyclic) bond motifs is 1. The molecule has 2 atom stereocenters. The maximum absolute atomic E-state index is 11.3. The summed E-state index contributed by atoms with van der Waals surface area (Å²) in [6.07, 6.45) is -1.67. The lowest BCUT2D eigenvalue weighted by Gasteiger charge is -2.31. The SMILES string of the molecule is CCOC(=O)COc1ccc([C@H]2Oc3cc(O)cc(O)c3C[C@H]2O)cc1O. The Labute approximate surface area is 155 Å². The number of phenolic OH excluding ortho intramolecular Hbond substituents is 3. The summed E-state index contributed by atoms with van der Waals surface area (Å²) >= 11 is 0. The number of benzene rings is 2. The minimum absolute atomic E-state index is 0.0905. The third-order valence-corrected chi connectivity index (χ3v) is 4.15. The van der Waals surface area contributed by atoms with Gasteiger partial charge in [-0.1, -0.05) is 6.07 Å². The van der Waals surface area contributed by atoms with Crippen molar-refractivity contribution in [3.63, 3.8) is 0 Å². The van der Waals surface area contributed by atoms with Crippen LogP contribution in [0.5, 0.6) is 28.7 Å². The molecule has 8 nitrogen and oxygen atoms in total. The van der Waals surface area contributed by atoms with E-state index in [0.717, 1.165) is 0 Å². The zero-order chi connectivity index (χ0) is 19.6.